The first-order valence-electron chi connectivity index (χ1n) is 4.68. The summed E-state index contributed by atoms with van der Waals surface area (Å²) in [5, 5.41) is 1.06. The number of hydrogen-bond donors (Lipinski definition) is 1. The zero-order valence-electron chi connectivity index (χ0n) is 8.21. The normalized spacial score (nSPS) is 12.7. The maximum atomic E-state index is 11.8. The molecule has 5 heteroatoms. The molecule has 1 atom stereocenters. The van der Waals surface area contributed by atoms with Crippen LogP contribution in [0.15, 0.2) is 23.1 Å². The average Bonchev–Trinajstić information content (AvgIpc) is 2.22. The molecule has 0 aliphatic heterocycles. The van der Waals surface area contributed by atoms with E-state index in [1.807, 2.05) is 0 Å². The summed E-state index contributed by atoms with van der Waals surface area (Å²) in [6.07, 6.45) is 1.72. The Balaban J connectivity index is 2.68. The van der Waals surface area contributed by atoms with E-state index in [1.165, 1.54) is 0 Å². The number of hydrogen-bond acceptors (Lipinski definition) is 2. The Morgan fingerprint density at radius 1 is 1.27 bits per heavy atom. The SMILES string of the molecule is NCCCCS(=O)c1cc(Cl)ccc1Cl. The fourth-order valence-electron chi connectivity index (χ4n) is 1.14. The summed E-state index contributed by atoms with van der Waals surface area (Å²) in [6, 6.07) is 5.01. The first kappa shape index (κ1) is 13.0. The van der Waals surface area contributed by atoms with Gasteiger partial charge in [-0.1, -0.05) is 23.2 Å². The second-order valence-electron chi connectivity index (χ2n) is 3.12. The highest BCUT2D eigenvalue weighted by Crippen LogP contribution is 2.24. The lowest BCUT2D eigenvalue weighted by Crippen LogP contribution is -2.03. The molecule has 0 heterocycles. The molecule has 1 aromatic rings. The molecule has 0 bridgehead atoms. The molecule has 1 rings (SSSR count). The monoisotopic (exact) mass is 265 g/mol. The third-order valence-corrected chi connectivity index (χ3v) is 4.09. The van der Waals surface area contributed by atoms with Gasteiger partial charge in [-0.2, -0.15) is 0 Å². The highest BCUT2D eigenvalue weighted by atomic mass is 35.5. The third-order valence-electron chi connectivity index (χ3n) is 1.92. The van der Waals surface area contributed by atoms with Gasteiger partial charge in [0.2, 0.25) is 0 Å². The van der Waals surface area contributed by atoms with Crippen LogP contribution in [-0.4, -0.2) is 16.5 Å². The molecule has 1 aromatic carbocycles. The average molecular weight is 266 g/mol. The first-order chi connectivity index (χ1) is 7.15. The summed E-state index contributed by atoms with van der Waals surface area (Å²) in [5.74, 6) is 0.581. The van der Waals surface area contributed by atoms with Gasteiger partial charge >= 0.3 is 0 Å². The second kappa shape index (κ2) is 6.48. The van der Waals surface area contributed by atoms with Gasteiger partial charge in [-0.25, -0.2) is 0 Å². The highest BCUT2D eigenvalue weighted by molar-refractivity contribution is 7.85. The number of rotatable bonds is 5. The van der Waals surface area contributed by atoms with Crippen molar-refractivity contribution in [2.45, 2.75) is 17.7 Å². The standard InChI is InChI=1S/C10H13Cl2NOS/c11-8-3-4-9(12)10(7-8)15(14)6-2-1-5-13/h3-4,7H,1-2,5-6,13H2. The zero-order valence-corrected chi connectivity index (χ0v) is 10.5. The molecule has 2 N–H and O–H groups in total. The van der Waals surface area contributed by atoms with Crippen molar-refractivity contribution in [2.75, 3.05) is 12.3 Å². The minimum absolute atomic E-state index is 0.505. The Morgan fingerprint density at radius 3 is 2.67 bits per heavy atom. The van der Waals surface area contributed by atoms with Gasteiger partial charge in [0.1, 0.15) is 0 Å². The van der Waals surface area contributed by atoms with Gasteiger partial charge in [-0.05, 0) is 37.6 Å². The molecule has 1 unspecified atom stereocenters. The minimum Gasteiger partial charge on any atom is -0.330 e. The number of halogens is 2. The largest absolute Gasteiger partial charge is 0.330 e. The van der Waals surface area contributed by atoms with E-state index in [-0.39, 0.29) is 0 Å². The number of nitrogens with two attached hydrogens (primary N) is 1. The van der Waals surface area contributed by atoms with Crippen molar-refractivity contribution in [3.05, 3.63) is 28.2 Å². The Kier molecular flexibility index (Phi) is 5.61. The molecule has 0 aromatic heterocycles. The fraction of sp³-hybridized carbons (Fsp3) is 0.400. The molecule has 0 aliphatic carbocycles. The summed E-state index contributed by atoms with van der Waals surface area (Å²) < 4.78 is 11.8. The van der Waals surface area contributed by atoms with Crippen LogP contribution in [0.2, 0.25) is 10.0 Å². The van der Waals surface area contributed by atoms with Crippen molar-refractivity contribution < 1.29 is 4.21 Å². The van der Waals surface area contributed by atoms with Crippen LogP contribution >= 0.6 is 23.2 Å². The fourth-order valence-corrected chi connectivity index (χ4v) is 2.98. The molecule has 0 radical (unpaired) electrons. The molecule has 0 spiro atoms. The molecule has 0 amide bonds. The molecule has 0 aliphatic rings. The topological polar surface area (TPSA) is 43.1 Å². The van der Waals surface area contributed by atoms with Gasteiger partial charge < -0.3 is 5.73 Å². The molecular formula is C10H13Cl2NOS. The number of unbranched alkanes of at least 4 members (excludes halogenated alkanes) is 1. The summed E-state index contributed by atoms with van der Waals surface area (Å²) in [6.45, 7) is 0.625. The highest BCUT2D eigenvalue weighted by Gasteiger charge is 2.08. The first-order valence-corrected chi connectivity index (χ1v) is 6.76. The van der Waals surface area contributed by atoms with E-state index in [1.54, 1.807) is 18.2 Å². The van der Waals surface area contributed by atoms with Crippen LogP contribution in [0.1, 0.15) is 12.8 Å². The van der Waals surface area contributed by atoms with Crippen LogP contribution in [0.3, 0.4) is 0 Å². The van der Waals surface area contributed by atoms with E-state index in [0.717, 1.165) is 12.8 Å². The second-order valence-corrected chi connectivity index (χ2v) is 5.50. The van der Waals surface area contributed by atoms with Gasteiger partial charge in [-0.3, -0.25) is 4.21 Å². The predicted octanol–water partition coefficient (Wildman–Crippen LogP) is 2.84. The Labute approximate surface area is 102 Å². The Hall–Kier alpha value is -0.0900. The van der Waals surface area contributed by atoms with Crippen LogP contribution in [0.5, 0.6) is 0 Å². The smallest absolute Gasteiger partial charge is 0.0589 e. The maximum absolute atomic E-state index is 11.8. The van der Waals surface area contributed by atoms with Crippen molar-refractivity contribution in [2.24, 2.45) is 5.73 Å². The van der Waals surface area contributed by atoms with Crippen LogP contribution in [-0.2, 0) is 10.8 Å². The molecule has 0 fully saturated rings. The molecule has 15 heavy (non-hydrogen) atoms. The van der Waals surface area contributed by atoms with Crippen LogP contribution in [0, 0.1) is 0 Å². The van der Waals surface area contributed by atoms with Gasteiger partial charge in [-0.15, -0.1) is 0 Å². The van der Waals surface area contributed by atoms with Crippen LogP contribution in [0.4, 0.5) is 0 Å². The van der Waals surface area contributed by atoms with Crippen LogP contribution in [0.25, 0.3) is 0 Å². The molecule has 0 saturated carbocycles. The molecular weight excluding hydrogens is 253 g/mol. The van der Waals surface area contributed by atoms with E-state index in [0.29, 0.717) is 27.2 Å². The van der Waals surface area contributed by atoms with Gasteiger partial charge in [0.15, 0.2) is 0 Å². The third kappa shape index (κ3) is 4.11. The van der Waals surface area contributed by atoms with Crippen molar-refractivity contribution in [1.82, 2.24) is 0 Å². The predicted molar refractivity (Wildman–Crippen MR) is 66.0 cm³/mol. The molecule has 0 saturated heterocycles. The molecule has 2 nitrogen and oxygen atoms in total. The quantitative estimate of drug-likeness (QED) is 0.833. The van der Waals surface area contributed by atoms with Crippen molar-refractivity contribution in [1.29, 1.82) is 0 Å². The van der Waals surface area contributed by atoms with E-state index in [4.69, 9.17) is 28.9 Å². The summed E-state index contributed by atoms with van der Waals surface area (Å²) in [4.78, 5) is 0.612. The summed E-state index contributed by atoms with van der Waals surface area (Å²) in [7, 11) is -1.08. The summed E-state index contributed by atoms with van der Waals surface area (Å²) in [5.41, 5.74) is 5.36. The summed E-state index contributed by atoms with van der Waals surface area (Å²) >= 11 is 11.7. The minimum atomic E-state index is -1.08. The Morgan fingerprint density at radius 2 is 2.00 bits per heavy atom. The Bertz CT molecular complexity index is 357. The van der Waals surface area contributed by atoms with E-state index in [2.05, 4.69) is 0 Å². The lowest BCUT2D eigenvalue weighted by Gasteiger charge is -2.04. The van der Waals surface area contributed by atoms with Gasteiger partial charge in [0.05, 0.1) is 20.7 Å². The van der Waals surface area contributed by atoms with Gasteiger partial charge in [0.25, 0.3) is 0 Å². The van der Waals surface area contributed by atoms with E-state index >= 15 is 0 Å². The van der Waals surface area contributed by atoms with Crippen molar-refractivity contribution >= 4 is 34.0 Å². The molecule has 84 valence electrons. The van der Waals surface area contributed by atoms with Crippen molar-refractivity contribution in [3.8, 4) is 0 Å². The maximum Gasteiger partial charge on any atom is 0.0589 e. The number of benzene rings is 1. The van der Waals surface area contributed by atoms with E-state index in [9.17, 15) is 4.21 Å². The lowest BCUT2D eigenvalue weighted by molar-refractivity contribution is 0.678. The lowest BCUT2D eigenvalue weighted by atomic mass is 10.3. The van der Waals surface area contributed by atoms with E-state index < -0.39 is 10.8 Å². The van der Waals surface area contributed by atoms with Crippen molar-refractivity contribution in [3.63, 3.8) is 0 Å². The van der Waals surface area contributed by atoms with Gasteiger partial charge in [0, 0.05) is 10.8 Å². The van der Waals surface area contributed by atoms with Crippen LogP contribution < -0.4 is 5.73 Å². The zero-order chi connectivity index (χ0) is 11.3.